The van der Waals surface area contributed by atoms with Crippen LogP contribution in [0.4, 0.5) is 0 Å². The second-order valence-corrected chi connectivity index (χ2v) is 6.97. The molecule has 0 aliphatic carbocycles. The number of nitrogens with one attached hydrogen (secondary N) is 2. The zero-order chi connectivity index (χ0) is 18.9. The van der Waals surface area contributed by atoms with Gasteiger partial charge in [0.1, 0.15) is 0 Å². The van der Waals surface area contributed by atoms with E-state index in [9.17, 15) is 0 Å². The number of hydrogen-bond acceptors (Lipinski definition) is 3. The van der Waals surface area contributed by atoms with Crippen LogP contribution in [0.3, 0.4) is 0 Å². The Morgan fingerprint density at radius 1 is 0.964 bits per heavy atom. The van der Waals surface area contributed by atoms with Crippen molar-refractivity contribution < 1.29 is 4.74 Å². The second-order valence-electron chi connectivity index (χ2n) is 6.97. The van der Waals surface area contributed by atoms with Crippen LogP contribution in [0.5, 0.6) is 0 Å². The SMILES string of the molecule is CN=C(NCc1ccc(CN2CCOCC2)cc1)NCc1cccc(C)c1.I. The zero-order valence-electron chi connectivity index (χ0n) is 16.8. The molecule has 1 aliphatic heterocycles. The van der Waals surface area contributed by atoms with E-state index >= 15 is 0 Å². The molecule has 28 heavy (non-hydrogen) atoms. The van der Waals surface area contributed by atoms with Gasteiger partial charge in [0.25, 0.3) is 0 Å². The summed E-state index contributed by atoms with van der Waals surface area (Å²) in [6.07, 6.45) is 0. The van der Waals surface area contributed by atoms with Crippen LogP contribution in [0.15, 0.2) is 53.5 Å². The van der Waals surface area contributed by atoms with Gasteiger partial charge in [0.2, 0.25) is 0 Å². The Kier molecular flexibility index (Phi) is 9.73. The molecule has 0 aromatic heterocycles. The van der Waals surface area contributed by atoms with Gasteiger partial charge < -0.3 is 15.4 Å². The van der Waals surface area contributed by atoms with Gasteiger partial charge in [-0.05, 0) is 23.6 Å². The zero-order valence-corrected chi connectivity index (χ0v) is 19.1. The third kappa shape index (κ3) is 7.41. The molecular weight excluding hydrogens is 463 g/mol. The number of guanidine groups is 1. The van der Waals surface area contributed by atoms with Gasteiger partial charge >= 0.3 is 0 Å². The first-order valence-corrected chi connectivity index (χ1v) is 9.61. The number of halogens is 1. The maximum Gasteiger partial charge on any atom is 0.191 e. The van der Waals surface area contributed by atoms with Crippen LogP contribution < -0.4 is 10.6 Å². The lowest BCUT2D eigenvalue weighted by molar-refractivity contribution is 0.0342. The number of aliphatic imine (C=N–C) groups is 1. The fourth-order valence-corrected chi connectivity index (χ4v) is 3.19. The maximum absolute atomic E-state index is 5.41. The molecule has 3 rings (SSSR count). The third-order valence-electron chi connectivity index (χ3n) is 4.76. The summed E-state index contributed by atoms with van der Waals surface area (Å²) in [5.74, 6) is 0.814. The summed E-state index contributed by atoms with van der Waals surface area (Å²) in [6.45, 7) is 8.35. The number of nitrogens with zero attached hydrogens (tertiary/aromatic N) is 2. The van der Waals surface area contributed by atoms with Crippen LogP contribution in [-0.4, -0.2) is 44.2 Å². The summed E-state index contributed by atoms with van der Waals surface area (Å²) in [5.41, 5.74) is 5.13. The highest BCUT2D eigenvalue weighted by molar-refractivity contribution is 14.0. The van der Waals surface area contributed by atoms with Crippen molar-refractivity contribution in [2.45, 2.75) is 26.6 Å². The van der Waals surface area contributed by atoms with Crippen molar-refractivity contribution in [1.82, 2.24) is 15.5 Å². The highest BCUT2D eigenvalue weighted by Gasteiger charge is 2.10. The molecule has 0 radical (unpaired) electrons. The van der Waals surface area contributed by atoms with Crippen LogP contribution in [0, 0.1) is 6.92 Å². The van der Waals surface area contributed by atoms with E-state index in [1.807, 2.05) is 0 Å². The molecule has 5 nitrogen and oxygen atoms in total. The van der Waals surface area contributed by atoms with Crippen molar-refractivity contribution in [3.8, 4) is 0 Å². The molecule has 1 aliphatic rings. The molecule has 1 heterocycles. The average molecular weight is 494 g/mol. The highest BCUT2D eigenvalue weighted by atomic mass is 127. The standard InChI is InChI=1S/C22H30N4O.HI/c1-18-4-3-5-21(14-18)16-25-22(23-2)24-15-19-6-8-20(9-7-19)17-26-10-12-27-13-11-26;/h3-9,14H,10-13,15-17H2,1-2H3,(H2,23,24,25);1H. The van der Waals surface area contributed by atoms with Crippen molar-refractivity contribution in [3.05, 3.63) is 70.8 Å². The Hall–Kier alpha value is -1.64. The molecule has 2 aromatic rings. The van der Waals surface area contributed by atoms with Gasteiger partial charge in [-0.15, -0.1) is 24.0 Å². The normalized spacial score (nSPS) is 15.0. The molecule has 1 fully saturated rings. The van der Waals surface area contributed by atoms with E-state index in [-0.39, 0.29) is 24.0 Å². The van der Waals surface area contributed by atoms with Gasteiger partial charge in [0, 0.05) is 39.8 Å². The number of morpholine rings is 1. The molecule has 1 saturated heterocycles. The van der Waals surface area contributed by atoms with Crippen molar-refractivity contribution >= 4 is 29.9 Å². The van der Waals surface area contributed by atoms with Gasteiger partial charge in [-0.3, -0.25) is 9.89 Å². The number of hydrogen-bond donors (Lipinski definition) is 2. The van der Waals surface area contributed by atoms with Gasteiger partial charge in [-0.1, -0.05) is 54.1 Å². The van der Waals surface area contributed by atoms with Gasteiger partial charge in [-0.25, -0.2) is 0 Å². The molecule has 0 saturated carbocycles. The Morgan fingerprint density at radius 3 is 2.25 bits per heavy atom. The number of benzene rings is 2. The van der Waals surface area contributed by atoms with Crippen molar-refractivity contribution in [1.29, 1.82) is 0 Å². The van der Waals surface area contributed by atoms with Gasteiger partial charge in [0.15, 0.2) is 5.96 Å². The lowest BCUT2D eigenvalue weighted by Gasteiger charge is -2.26. The summed E-state index contributed by atoms with van der Waals surface area (Å²) in [7, 11) is 1.80. The lowest BCUT2D eigenvalue weighted by Crippen LogP contribution is -2.36. The number of rotatable bonds is 6. The van der Waals surface area contributed by atoms with E-state index in [1.165, 1.54) is 22.3 Å². The van der Waals surface area contributed by atoms with Crippen molar-refractivity contribution in [2.24, 2.45) is 4.99 Å². The predicted molar refractivity (Wildman–Crippen MR) is 126 cm³/mol. The Labute approximate surface area is 185 Å². The Morgan fingerprint density at radius 2 is 1.61 bits per heavy atom. The van der Waals surface area contributed by atoms with E-state index in [0.29, 0.717) is 0 Å². The number of ether oxygens (including phenoxy) is 1. The van der Waals surface area contributed by atoms with Crippen LogP contribution in [0.1, 0.15) is 22.3 Å². The third-order valence-corrected chi connectivity index (χ3v) is 4.76. The molecule has 0 unspecified atom stereocenters. The predicted octanol–water partition coefficient (Wildman–Crippen LogP) is 3.31. The number of aryl methyl sites for hydroxylation is 1. The average Bonchev–Trinajstić information content (AvgIpc) is 2.70. The van der Waals surface area contributed by atoms with Crippen molar-refractivity contribution in [2.75, 3.05) is 33.4 Å². The first-order valence-electron chi connectivity index (χ1n) is 9.61. The minimum atomic E-state index is 0. The minimum Gasteiger partial charge on any atom is -0.379 e. The van der Waals surface area contributed by atoms with E-state index in [1.54, 1.807) is 7.05 Å². The minimum absolute atomic E-state index is 0. The lowest BCUT2D eigenvalue weighted by atomic mass is 10.1. The highest BCUT2D eigenvalue weighted by Crippen LogP contribution is 2.09. The van der Waals surface area contributed by atoms with E-state index < -0.39 is 0 Å². The molecule has 2 aromatic carbocycles. The first kappa shape index (κ1) is 22.6. The Bertz CT molecular complexity index is 742. The quantitative estimate of drug-likeness (QED) is 0.368. The van der Waals surface area contributed by atoms with Crippen LogP contribution in [-0.2, 0) is 24.4 Å². The molecule has 152 valence electrons. The second kappa shape index (κ2) is 12.0. The molecule has 0 amide bonds. The fraction of sp³-hybridized carbons (Fsp3) is 0.409. The summed E-state index contributed by atoms with van der Waals surface area (Å²) in [5, 5.41) is 6.75. The molecule has 0 spiro atoms. The van der Waals surface area contributed by atoms with Gasteiger partial charge in [-0.2, -0.15) is 0 Å². The van der Waals surface area contributed by atoms with Crippen molar-refractivity contribution in [3.63, 3.8) is 0 Å². The fourth-order valence-electron chi connectivity index (χ4n) is 3.19. The molecular formula is C22H31IN4O. The summed E-state index contributed by atoms with van der Waals surface area (Å²) in [6, 6.07) is 17.3. The Balaban J connectivity index is 0.00000280. The van der Waals surface area contributed by atoms with E-state index in [2.05, 4.69) is 76.0 Å². The smallest absolute Gasteiger partial charge is 0.191 e. The maximum atomic E-state index is 5.41. The molecule has 0 bridgehead atoms. The van der Waals surface area contributed by atoms with Crippen LogP contribution >= 0.6 is 24.0 Å². The van der Waals surface area contributed by atoms with Gasteiger partial charge in [0.05, 0.1) is 13.2 Å². The molecule has 6 heteroatoms. The van der Waals surface area contributed by atoms with E-state index in [4.69, 9.17) is 4.74 Å². The molecule has 2 N–H and O–H groups in total. The largest absolute Gasteiger partial charge is 0.379 e. The van der Waals surface area contributed by atoms with Crippen LogP contribution in [0.2, 0.25) is 0 Å². The summed E-state index contributed by atoms with van der Waals surface area (Å²) >= 11 is 0. The topological polar surface area (TPSA) is 48.9 Å². The van der Waals surface area contributed by atoms with Crippen LogP contribution in [0.25, 0.3) is 0 Å². The molecule has 0 atom stereocenters. The summed E-state index contributed by atoms with van der Waals surface area (Å²) in [4.78, 5) is 6.75. The first-order chi connectivity index (χ1) is 13.2. The van der Waals surface area contributed by atoms with E-state index in [0.717, 1.165) is 51.9 Å². The monoisotopic (exact) mass is 494 g/mol. The summed E-state index contributed by atoms with van der Waals surface area (Å²) < 4.78 is 5.41.